The topological polar surface area (TPSA) is 66.8 Å². The predicted molar refractivity (Wildman–Crippen MR) is 118 cm³/mol. The Balaban J connectivity index is 1.86. The number of carboxylic acids is 1. The van der Waals surface area contributed by atoms with Crippen LogP contribution in [0.4, 0.5) is 0 Å². The average molecular weight is 432 g/mol. The Morgan fingerprint density at radius 3 is 2.79 bits per heavy atom. The highest BCUT2D eigenvalue weighted by Gasteiger charge is 2.33. The lowest BCUT2D eigenvalue weighted by Gasteiger charge is -2.12. The molecule has 142 valence electrons. The highest BCUT2D eigenvalue weighted by Crippen LogP contribution is 2.34. The Morgan fingerprint density at radius 2 is 2.07 bits per heavy atom. The second kappa shape index (κ2) is 8.81. The van der Waals surface area contributed by atoms with Gasteiger partial charge in [-0.15, -0.1) is 0 Å². The number of rotatable bonds is 6. The number of carbonyl (C=O) groups is 2. The molecular formula is C19H15BClNO4S2. The first-order valence-electron chi connectivity index (χ1n) is 8.29. The summed E-state index contributed by atoms with van der Waals surface area (Å²) in [6, 6.07) is 13.0. The molecule has 9 heteroatoms. The van der Waals surface area contributed by atoms with Crippen molar-refractivity contribution >= 4 is 71.2 Å². The van der Waals surface area contributed by atoms with Crippen LogP contribution in [0.25, 0.3) is 6.08 Å². The normalized spacial score (nSPS) is 15.3. The Morgan fingerprint density at radius 1 is 1.32 bits per heavy atom. The standard InChI is InChI=1S/C19H15BClNO4S2/c20-13-5-6-15(26-10-11-3-1-2-4-14(11)21)12(7-13)8-16-18(25)22(9-17(23)24)19(27)28-16/h1-8H,9-10,20H2,(H,23,24)/b16-8-. The van der Waals surface area contributed by atoms with E-state index in [4.69, 9.17) is 33.7 Å². The molecule has 1 N–H and O–H groups in total. The minimum absolute atomic E-state index is 0.227. The molecule has 1 aliphatic rings. The summed E-state index contributed by atoms with van der Waals surface area (Å²) in [5.74, 6) is -0.943. The van der Waals surface area contributed by atoms with Crippen molar-refractivity contribution in [1.82, 2.24) is 4.90 Å². The van der Waals surface area contributed by atoms with Crippen molar-refractivity contribution in [3.63, 3.8) is 0 Å². The maximum absolute atomic E-state index is 12.5. The Bertz CT molecular complexity index is 996. The Kier molecular flexibility index (Phi) is 6.44. The van der Waals surface area contributed by atoms with Crippen molar-refractivity contribution in [3.05, 3.63) is 63.5 Å². The summed E-state index contributed by atoms with van der Waals surface area (Å²) < 4.78 is 6.16. The quantitative estimate of drug-likeness (QED) is 0.430. The molecule has 0 radical (unpaired) electrons. The molecule has 1 saturated heterocycles. The second-order valence-corrected chi connectivity index (χ2v) is 8.17. The van der Waals surface area contributed by atoms with Gasteiger partial charge in [0.25, 0.3) is 5.91 Å². The third-order valence-electron chi connectivity index (χ3n) is 3.96. The number of benzene rings is 2. The minimum Gasteiger partial charge on any atom is -0.488 e. The number of thioether (sulfide) groups is 1. The van der Waals surface area contributed by atoms with Crippen molar-refractivity contribution in [3.8, 4) is 5.75 Å². The summed E-state index contributed by atoms with van der Waals surface area (Å²) in [6.07, 6.45) is 1.68. The van der Waals surface area contributed by atoms with Crippen LogP contribution >= 0.6 is 35.6 Å². The summed E-state index contributed by atoms with van der Waals surface area (Å²) in [4.78, 5) is 24.9. The number of aliphatic carboxylic acids is 1. The molecule has 1 aliphatic heterocycles. The van der Waals surface area contributed by atoms with Gasteiger partial charge in [-0.2, -0.15) is 0 Å². The van der Waals surface area contributed by atoms with Crippen LogP contribution < -0.4 is 10.2 Å². The Hall–Kier alpha value is -2.29. The van der Waals surface area contributed by atoms with Crippen molar-refractivity contribution in [1.29, 1.82) is 0 Å². The first kappa shape index (κ1) is 20.4. The van der Waals surface area contributed by atoms with Crippen LogP contribution in [0.5, 0.6) is 5.75 Å². The zero-order chi connectivity index (χ0) is 20.3. The number of amides is 1. The van der Waals surface area contributed by atoms with E-state index in [1.54, 1.807) is 12.1 Å². The molecule has 0 aliphatic carbocycles. The van der Waals surface area contributed by atoms with E-state index in [0.29, 0.717) is 21.2 Å². The van der Waals surface area contributed by atoms with E-state index in [2.05, 4.69) is 0 Å². The first-order chi connectivity index (χ1) is 13.3. The van der Waals surface area contributed by atoms with Gasteiger partial charge in [-0.05, 0) is 18.2 Å². The zero-order valence-electron chi connectivity index (χ0n) is 14.8. The number of ether oxygens (including phenoxy) is 1. The molecule has 0 atom stereocenters. The first-order valence-corrected chi connectivity index (χ1v) is 9.89. The predicted octanol–water partition coefficient (Wildman–Crippen LogP) is 2.46. The van der Waals surface area contributed by atoms with Crippen LogP contribution in [0, 0.1) is 0 Å². The van der Waals surface area contributed by atoms with E-state index in [1.807, 2.05) is 44.2 Å². The van der Waals surface area contributed by atoms with Gasteiger partial charge >= 0.3 is 5.97 Å². The van der Waals surface area contributed by atoms with Gasteiger partial charge < -0.3 is 9.84 Å². The molecule has 5 nitrogen and oxygen atoms in total. The van der Waals surface area contributed by atoms with Gasteiger partial charge in [0, 0.05) is 16.1 Å². The van der Waals surface area contributed by atoms with Crippen LogP contribution in [-0.2, 0) is 16.2 Å². The zero-order valence-corrected chi connectivity index (χ0v) is 17.2. The molecule has 1 fully saturated rings. The molecule has 0 bridgehead atoms. The summed E-state index contributed by atoms with van der Waals surface area (Å²) in [5.41, 5.74) is 2.56. The molecule has 3 rings (SSSR count). The van der Waals surface area contributed by atoms with Crippen molar-refractivity contribution in [2.75, 3.05) is 6.54 Å². The third kappa shape index (κ3) is 4.76. The summed E-state index contributed by atoms with van der Waals surface area (Å²) in [6.45, 7) is -0.171. The van der Waals surface area contributed by atoms with Gasteiger partial charge in [-0.25, -0.2) is 0 Å². The SMILES string of the molecule is Bc1ccc(OCc2ccccc2Cl)c(/C=C2\SC(=S)N(CC(=O)O)C2=O)c1. The fourth-order valence-corrected chi connectivity index (χ4v) is 4.03. The second-order valence-electron chi connectivity index (χ2n) is 6.08. The maximum atomic E-state index is 12.5. The van der Waals surface area contributed by atoms with Gasteiger partial charge in [-0.3, -0.25) is 14.5 Å². The van der Waals surface area contributed by atoms with Gasteiger partial charge in [-0.1, -0.05) is 71.4 Å². The smallest absolute Gasteiger partial charge is 0.323 e. The van der Waals surface area contributed by atoms with Crippen molar-refractivity contribution in [2.45, 2.75) is 6.61 Å². The van der Waals surface area contributed by atoms with E-state index in [9.17, 15) is 9.59 Å². The number of carbonyl (C=O) groups excluding carboxylic acids is 1. The highest BCUT2D eigenvalue weighted by molar-refractivity contribution is 8.26. The van der Waals surface area contributed by atoms with Crippen LogP contribution in [0.3, 0.4) is 0 Å². The van der Waals surface area contributed by atoms with Crippen LogP contribution in [0.2, 0.25) is 5.02 Å². The molecule has 28 heavy (non-hydrogen) atoms. The van der Waals surface area contributed by atoms with E-state index >= 15 is 0 Å². The van der Waals surface area contributed by atoms with E-state index in [0.717, 1.165) is 27.7 Å². The maximum Gasteiger partial charge on any atom is 0.323 e. The van der Waals surface area contributed by atoms with E-state index in [-0.39, 0.29) is 10.9 Å². The molecule has 0 unspecified atom stereocenters. The highest BCUT2D eigenvalue weighted by atomic mass is 35.5. The lowest BCUT2D eigenvalue weighted by atomic mass is 9.94. The summed E-state index contributed by atoms with van der Waals surface area (Å²) in [5, 5.41) is 9.57. The van der Waals surface area contributed by atoms with Gasteiger partial charge in [0.2, 0.25) is 0 Å². The largest absolute Gasteiger partial charge is 0.488 e. The van der Waals surface area contributed by atoms with Gasteiger partial charge in [0.1, 0.15) is 31.1 Å². The molecule has 1 amide bonds. The lowest BCUT2D eigenvalue weighted by Crippen LogP contribution is -2.33. The number of nitrogens with zero attached hydrogens (tertiary/aromatic N) is 1. The molecule has 0 aromatic heterocycles. The molecule has 1 heterocycles. The van der Waals surface area contributed by atoms with Crippen LogP contribution in [0.15, 0.2) is 47.4 Å². The van der Waals surface area contributed by atoms with E-state index in [1.165, 1.54) is 0 Å². The van der Waals surface area contributed by atoms with Crippen molar-refractivity contribution in [2.24, 2.45) is 0 Å². The minimum atomic E-state index is -1.11. The van der Waals surface area contributed by atoms with Gasteiger partial charge in [0.15, 0.2) is 0 Å². The Labute approximate surface area is 177 Å². The monoisotopic (exact) mass is 431 g/mol. The molecule has 2 aromatic rings. The molecule has 2 aromatic carbocycles. The summed E-state index contributed by atoms with van der Waals surface area (Å²) >= 11 is 12.4. The third-order valence-corrected chi connectivity index (χ3v) is 5.71. The fraction of sp³-hybridized carbons (Fsp3) is 0.105. The summed E-state index contributed by atoms with van der Waals surface area (Å²) in [7, 11) is 1.94. The number of hydrogen-bond donors (Lipinski definition) is 1. The lowest BCUT2D eigenvalue weighted by molar-refractivity contribution is -0.140. The number of carboxylic acid groups (broad SMARTS) is 1. The number of hydrogen-bond acceptors (Lipinski definition) is 5. The van der Waals surface area contributed by atoms with Crippen LogP contribution in [-0.4, -0.2) is 40.6 Å². The molecule has 0 spiro atoms. The average Bonchev–Trinajstić information content (AvgIpc) is 2.89. The van der Waals surface area contributed by atoms with Crippen molar-refractivity contribution < 1.29 is 19.4 Å². The number of thiocarbonyl (C=S) groups is 1. The molecular weight excluding hydrogens is 417 g/mol. The van der Waals surface area contributed by atoms with Gasteiger partial charge in [0.05, 0.1) is 4.91 Å². The fourth-order valence-electron chi connectivity index (χ4n) is 2.60. The van der Waals surface area contributed by atoms with Crippen LogP contribution in [0.1, 0.15) is 11.1 Å². The van der Waals surface area contributed by atoms with E-state index < -0.39 is 18.4 Å². The number of halogens is 1. The molecule has 0 saturated carbocycles.